The van der Waals surface area contributed by atoms with Crippen molar-refractivity contribution in [2.45, 2.75) is 13.3 Å². The van der Waals surface area contributed by atoms with Crippen molar-refractivity contribution in [3.05, 3.63) is 199 Å². The minimum Gasteiger partial charge on any atom is -0.454 e. The van der Waals surface area contributed by atoms with E-state index in [0.29, 0.717) is 0 Å². The van der Waals surface area contributed by atoms with Crippen LogP contribution in [-0.4, -0.2) is 4.57 Å². The standard InChI is InChI=1S/C48H36N2O/c1-2-37(19-12-15-34-16-13-20-39(33-34)50-44-25-9-6-21-40(44)41-22-7-10-26-45(41)50)49(38-31-29-36(30-32-38)35-17-4-3-5-18-35)46-27-14-24-43-42-23-8-11-28-47(42)51-48(43)46/h2-14,16-33H,15H2,1H3/b19-12-,37-2+. The summed E-state index contributed by atoms with van der Waals surface area (Å²) in [5, 5.41) is 4.77. The minimum absolute atomic E-state index is 0.790. The number of aromatic nitrogens is 1. The van der Waals surface area contributed by atoms with Gasteiger partial charge in [-0.3, -0.25) is 0 Å². The Balaban J connectivity index is 1.09. The van der Waals surface area contributed by atoms with Gasteiger partial charge in [0.25, 0.3) is 0 Å². The number of benzene rings is 7. The number of hydrogen-bond donors (Lipinski definition) is 0. The Morgan fingerprint density at radius 2 is 1.22 bits per heavy atom. The lowest BCUT2D eigenvalue weighted by Crippen LogP contribution is -2.15. The average Bonchev–Trinajstić information content (AvgIpc) is 3.75. The van der Waals surface area contributed by atoms with Crippen molar-refractivity contribution in [3.8, 4) is 16.8 Å². The van der Waals surface area contributed by atoms with Crippen LogP contribution in [0.2, 0.25) is 0 Å². The van der Waals surface area contributed by atoms with Crippen LogP contribution >= 0.6 is 0 Å². The Labute approximate surface area is 297 Å². The molecule has 2 aromatic heterocycles. The number of para-hydroxylation sites is 4. The molecule has 0 N–H and O–H groups in total. The molecule has 3 nitrogen and oxygen atoms in total. The fourth-order valence-electron chi connectivity index (χ4n) is 7.41. The van der Waals surface area contributed by atoms with Gasteiger partial charge in [-0.05, 0) is 84.6 Å². The lowest BCUT2D eigenvalue weighted by molar-refractivity contribution is 0.669. The zero-order chi connectivity index (χ0) is 34.1. The van der Waals surface area contributed by atoms with Crippen molar-refractivity contribution in [1.29, 1.82) is 0 Å². The maximum absolute atomic E-state index is 6.56. The molecule has 51 heavy (non-hydrogen) atoms. The minimum atomic E-state index is 0.790. The highest BCUT2D eigenvalue weighted by Crippen LogP contribution is 2.40. The van der Waals surface area contributed by atoms with E-state index in [1.54, 1.807) is 0 Å². The van der Waals surface area contributed by atoms with Crippen molar-refractivity contribution >= 4 is 55.1 Å². The second-order valence-corrected chi connectivity index (χ2v) is 12.9. The fraction of sp³-hybridized carbons (Fsp3) is 0.0417. The first kappa shape index (κ1) is 30.5. The summed E-state index contributed by atoms with van der Waals surface area (Å²) < 4.78 is 8.94. The number of nitrogens with zero attached hydrogens (tertiary/aromatic N) is 2. The molecule has 3 heteroatoms. The van der Waals surface area contributed by atoms with Gasteiger partial charge in [0.1, 0.15) is 5.58 Å². The summed E-state index contributed by atoms with van der Waals surface area (Å²) in [7, 11) is 0. The highest BCUT2D eigenvalue weighted by molar-refractivity contribution is 6.10. The van der Waals surface area contributed by atoms with Crippen LogP contribution < -0.4 is 4.90 Å². The van der Waals surface area contributed by atoms with Gasteiger partial charge in [0.05, 0.1) is 16.7 Å². The number of hydrogen-bond acceptors (Lipinski definition) is 2. The maximum Gasteiger partial charge on any atom is 0.159 e. The quantitative estimate of drug-likeness (QED) is 0.152. The van der Waals surface area contributed by atoms with E-state index in [0.717, 1.165) is 45.4 Å². The lowest BCUT2D eigenvalue weighted by atomic mass is 10.0. The van der Waals surface area contributed by atoms with E-state index in [2.05, 4.69) is 192 Å². The van der Waals surface area contributed by atoms with Gasteiger partial charge in [-0.2, -0.15) is 0 Å². The summed E-state index contributed by atoms with van der Waals surface area (Å²) in [6.07, 6.45) is 7.47. The molecule has 7 aromatic carbocycles. The molecule has 0 unspecified atom stereocenters. The average molecular weight is 657 g/mol. The first-order chi connectivity index (χ1) is 25.3. The fourth-order valence-corrected chi connectivity index (χ4v) is 7.41. The van der Waals surface area contributed by atoms with E-state index >= 15 is 0 Å². The van der Waals surface area contributed by atoms with Crippen molar-refractivity contribution < 1.29 is 4.42 Å². The van der Waals surface area contributed by atoms with Crippen LogP contribution in [0.25, 0.3) is 60.6 Å². The normalized spacial score (nSPS) is 12.1. The molecule has 0 spiro atoms. The third-order valence-electron chi connectivity index (χ3n) is 9.80. The van der Waals surface area contributed by atoms with E-state index < -0.39 is 0 Å². The molecule has 244 valence electrons. The smallest absolute Gasteiger partial charge is 0.159 e. The molecule has 0 saturated carbocycles. The maximum atomic E-state index is 6.56. The first-order valence-electron chi connectivity index (χ1n) is 17.5. The van der Waals surface area contributed by atoms with Crippen molar-refractivity contribution in [1.82, 2.24) is 4.57 Å². The molecule has 0 fully saturated rings. The molecule has 9 rings (SSSR count). The molecular weight excluding hydrogens is 621 g/mol. The van der Waals surface area contributed by atoms with Crippen LogP contribution in [-0.2, 0) is 6.42 Å². The molecule has 0 aliphatic heterocycles. The number of anilines is 2. The highest BCUT2D eigenvalue weighted by Gasteiger charge is 2.19. The Morgan fingerprint density at radius 3 is 1.96 bits per heavy atom. The van der Waals surface area contributed by atoms with Gasteiger partial charge in [-0.15, -0.1) is 0 Å². The molecule has 9 aromatic rings. The Bertz CT molecular complexity index is 2670. The monoisotopic (exact) mass is 656 g/mol. The second kappa shape index (κ2) is 13.0. The molecule has 0 amide bonds. The summed E-state index contributed by atoms with van der Waals surface area (Å²) in [5.41, 5.74) is 12.1. The van der Waals surface area contributed by atoms with Crippen LogP contribution in [0.4, 0.5) is 11.4 Å². The van der Waals surface area contributed by atoms with Gasteiger partial charge >= 0.3 is 0 Å². The predicted octanol–water partition coefficient (Wildman–Crippen LogP) is 13.2. The van der Waals surface area contributed by atoms with Crippen molar-refractivity contribution in [2.24, 2.45) is 0 Å². The van der Waals surface area contributed by atoms with Gasteiger partial charge in [0.15, 0.2) is 5.58 Å². The number of fused-ring (bicyclic) bond motifs is 6. The van der Waals surface area contributed by atoms with Gasteiger partial charge in [-0.1, -0.05) is 133 Å². The Morgan fingerprint density at radius 1 is 0.588 bits per heavy atom. The van der Waals surface area contributed by atoms with Gasteiger partial charge < -0.3 is 13.9 Å². The summed E-state index contributed by atoms with van der Waals surface area (Å²) in [6.45, 7) is 2.10. The Hall–Kier alpha value is -6.58. The number of furan rings is 1. The third-order valence-corrected chi connectivity index (χ3v) is 9.80. The van der Waals surface area contributed by atoms with Crippen LogP contribution in [0.3, 0.4) is 0 Å². The summed E-state index contributed by atoms with van der Waals surface area (Å²) in [5.74, 6) is 0. The lowest BCUT2D eigenvalue weighted by Gasteiger charge is -2.26. The predicted molar refractivity (Wildman–Crippen MR) is 215 cm³/mol. The number of rotatable bonds is 8. The Kier molecular flexibility index (Phi) is 7.79. The zero-order valence-electron chi connectivity index (χ0n) is 28.4. The molecular formula is C48H36N2O. The summed E-state index contributed by atoms with van der Waals surface area (Å²) in [4.78, 5) is 2.31. The SMILES string of the molecule is C/C=C(\C=C/Cc1cccc(-n2c3ccccc3c3ccccc32)c1)N(c1ccc(-c2ccccc2)cc1)c1cccc2c1oc1ccccc12. The summed E-state index contributed by atoms with van der Waals surface area (Å²) in [6, 6.07) is 60.3. The second-order valence-electron chi connectivity index (χ2n) is 12.9. The molecule has 0 aliphatic carbocycles. The summed E-state index contributed by atoms with van der Waals surface area (Å²) >= 11 is 0. The van der Waals surface area contributed by atoms with Crippen LogP contribution in [0.1, 0.15) is 12.5 Å². The third kappa shape index (κ3) is 5.50. The van der Waals surface area contributed by atoms with Gasteiger partial charge in [0.2, 0.25) is 0 Å². The van der Waals surface area contributed by atoms with Gasteiger partial charge in [-0.25, -0.2) is 0 Å². The molecule has 0 radical (unpaired) electrons. The van der Waals surface area contributed by atoms with Crippen LogP contribution in [0.15, 0.2) is 198 Å². The molecule has 0 bridgehead atoms. The van der Waals surface area contributed by atoms with E-state index in [9.17, 15) is 0 Å². The van der Waals surface area contributed by atoms with E-state index in [1.807, 2.05) is 12.1 Å². The molecule has 0 aliphatic rings. The topological polar surface area (TPSA) is 21.3 Å². The van der Waals surface area contributed by atoms with Crippen molar-refractivity contribution in [3.63, 3.8) is 0 Å². The molecule has 0 atom stereocenters. The van der Waals surface area contributed by atoms with E-state index in [1.165, 1.54) is 44.2 Å². The van der Waals surface area contributed by atoms with Crippen molar-refractivity contribution in [2.75, 3.05) is 4.90 Å². The van der Waals surface area contributed by atoms with Gasteiger partial charge in [0, 0.05) is 38.6 Å². The number of allylic oxidation sites excluding steroid dienone is 3. The zero-order valence-corrected chi connectivity index (χ0v) is 28.4. The molecule has 2 heterocycles. The van der Waals surface area contributed by atoms with Crippen LogP contribution in [0.5, 0.6) is 0 Å². The largest absolute Gasteiger partial charge is 0.454 e. The molecule has 0 saturated heterocycles. The van der Waals surface area contributed by atoms with Crippen LogP contribution in [0, 0.1) is 0 Å². The van der Waals surface area contributed by atoms with E-state index in [4.69, 9.17) is 4.42 Å². The first-order valence-corrected chi connectivity index (χ1v) is 17.5. The highest BCUT2D eigenvalue weighted by atomic mass is 16.3. The van der Waals surface area contributed by atoms with E-state index in [-0.39, 0.29) is 0 Å².